The number of carbonyl (C=O) groups is 2. The van der Waals surface area contributed by atoms with Gasteiger partial charge in [0.05, 0.1) is 11.1 Å². The maximum Gasteiger partial charge on any atom is 0.172 e. The molecule has 1 aromatic rings. The Labute approximate surface area is 98.5 Å². The van der Waals surface area contributed by atoms with E-state index in [0.29, 0.717) is 42.1 Å². The number of rotatable bonds is 4. The highest BCUT2D eigenvalue weighted by Crippen LogP contribution is 2.37. The summed E-state index contributed by atoms with van der Waals surface area (Å²) in [6, 6.07) is 3.14. The summed E-state index contributed by atoms with van der Waals surface area (Å²) in [6.07, 6.45) is 0.931. The third-order valence-electron chi connectivity index (χ3n) is 2.52. The molecule has 1 aliphatic rings. The number of ether oxygens (including phenoxy) is 2. The van der Waals surface area contributed by atoms with Crippen molar-refractivity contribution in [1.82, 2.24) is 0 Å². The van der Waals surface area contributed by atoms with Crippen LogP contribution in [0.4, 0.5) is 0 Å². The molecule has 5 nitrogen and oxygen atoms in total. The van der Waals surface area contributed by atoms with Crippen molar-refractivity contribution in [1.29, 1.82) is 0 Å². The van der Waals surface area contributed by atoms with Crippen molar-refractivity contribution in [3.63, 3.8) is 0 Å². The Bertz CT molecular complexity index is 456. The molecule has 0 bridgehead atoms. The van der Waals surface area contributed by atoms with Crippen molar-refractivity contribution >= 4 is 12.1 Å². The van der Waals surface area contributed by atoms with E-state index >= 15 is 0 Å². The van der Waals surface area contributed by atoms with Gasteiger partial charge in [-0.25, -0.2) is 0 Å². The highest BCUT2D eigenvalue weighted by Gasteiger charge is 2.22. The Kier molecular flexibility index (Phi) is 3.39. The number of aldehydes is 1. The average Bonchev–Trinajstić information content (AvgIpc) is 2.37. The summed E-state index contributed by atoms with van der Waals surface area (Å²) in [5, 5.41) is 0. The van der Waals surface area contributed by atoms with E-state index in [1.165, 1.54) is 0 Å². The molecule has 2 rings (SSSR count). The highest BCUT2D eigenvalue weighted by molar-refractivity contribution is 6.01. The Balaban J connectivity index is 2.47. The fourth-order valence-corrected chi connectivity index (χ4v) is 1.74. The van der Waals surface area contributed by atoms with Gasteiger partial charge in [-0.2, -0.15) is 0 Å². The molecule has 1 aromatic carbocycles. The van der Waals surface area contributed by atoms with Gasteiger partial charge in [-0.05, 0) is 18.7 Å². The smallest absolute Gasteiger partial charge is 0.172 e. The molecule has 0 saturated carbocycles. The van der Waals surface area contributed by atoms with Crippen LogP contribution in [-0.4, -0.2) is 31.8 Å². The normalized spacial score (nSPS) is 13.2. The number of hydrogen-bond donors (Lipinski definition) is 1. The van der Waals surface area contributed by atoms with E-state index in [-0.39, 0.29) is 18.7 Å². The van der Waals surface area contributed by atoms with Crippen molar-refractivity contribution in [3.8, 4) is 11.5 Å². The lowest BCUT2D eigenvalue weighted by molar-refractivity contribution is 0.0971. The van der Waals surface area contributed by atoms with E-state index in [1.54, 1.807) is 12.1 Å². The molecule has 0 fully saturated rings. The zero-order valence-corrected chi connectivity index (χ0v) is 9.27. The lowest BCUT2D eigenvalue weighted by atomic mass is 10.0. The molecule has 5 heteroatoms. The van der Waals surface area contributed by atoms with Crippen LogP contribution in [0.3, 0.4) is 0 Å². The number of nitrogens with two attached hydrogens (primary N) is 1. The zero-order chi connectivity index (χ0) is 12.3. The van der Waals surface area contributed by atoms with Crippen molar-refractivity contribution < 1.29 is 19.1 Å². The van der Waals surface area contributed by atoms with Gasteiger partial charge in [-0.1, -0.05) is 0 Å². The monoisotopic (exact) mass is 235 g/mol. The van der Waals surface area contributed by atoms with Crippen molar-refractivity contribution in [2.75, 3.05) is 19.8 Å². The van der Waals surface area contributed by atoms with Crippen LogP contribution in [0.15, 0.2) is 12.1 Å². The summed E-state index contributed by atoms with van der Waals surface area (Å²) in [5.74, 6) is 0.611. The average molecular weight is 235 g/mol. The number of hydrogen-bond acceptors (Lipinski definition) is 5. The van der Waals surface area contributed by atoms with Gasteiger partial charge in [0.15, 0.2) is 23.6 Å². The van der Waals surface area contributed by atoms with E-state index in [0.717, 1.165) is 0 Å². The molecule has 0 aromatic heterocycles. The van der Waals surface area contributed by atoms with Crippen LogP contribution in [0.2, 0.25) is 0 Å². The number of ketones is 1. The molecule has 17 heavy (non-hydrogen) atoms. The lowest BCUT2D eigenvalue weighted by Crippen LogP contribution is -2.19. The van der Waals surface area contributed by atoms with Gasteiger partial charge in [0.25, 0.3) is 0 Å². The van der Waals surface area contributed by atoms with Crippen LogP contribution >= 0.6 is 0 Å². The first-order valence-electron chi connectivity index (χ1n) is 5.39. The molecular weight excluding hydrogens is 222 g/mol. The molecule has 0 aliphatic carbocycles. The number of Topliss-reactive ketones (excluding diaryl/α,β-unsaturated/α-hetero) is 1. The van der Waals surface area contributed by atoms with Crippen LogP contribution < -0.4 is 15.2 Å². The van der Waals surface area contributed by atoms with E-state index in [4.69, 9.17) is 15.2 Å². The summed E-state index contributed by atoms with van der Waals surface area (Å²) in [4.78, 5) is 22.7. The highest BCUT2D eigenvalue weighted by atomic mass is 16.6. The van der Waals surface area contributed by atoms with Crippen LogP contribution in [0.1, 0.15) is 27.1 Å². The van der Waals surface area contributed by atoms with E-state index in [9.17, 15) is 9.59 Å². The van der Waals surface area contributed by atoms with Gasteiger partial charge >= 0.3 is 0 Å². The van der Waals surface area contributed by atoms with Crippen LogP contribution in [0, 0.1) is 0 Å². The van der Waals surface area contributed by atoms with E-state index in [2.05, 4.69) is 0 Å². The van der Waals surface area contributed by atoms with E-state index < -0.39 is 0 Å². The number of fused-ring (bicyclic) bond motifs is 1. The van der Waals surface area contributed by atoms with Gasteiger partial charge in [0.1, 0.15) is 13.2 Å². The third-order valence-corrected chi connectivity index (χ3v) is 2.52. The van der Waals surface area contributed by atoms with Crippen molar-refractivity contribution in [2.45, 2.75) is 6.42 Å². The minimum Gasteiger partial charge on any atom is -0.485 e. The van der Waals surface area contributed by atoms with Crippen LogP contribution in [-0.2, 0) is 0 Å². The van der Waals surface area contributed by atoms with Crippen LogP contribution in [0.5, 0.6) is 11.5 Å². The minimum atomic E-state index is -0.105. The topological polar surface area (TPSA) is 78.6 Å². The van der Waals surface area contributed by atoms with Gasteiger partial charge in [0, 0.05) is 6.42 Å². The maximum atomic E-state index is 11.8. The largest absolute Gasteiger partial charge is 0.485 e. The molecule has 1 heterocycles. The molecule has 0 amide bonds. The Morgan fingerprint density at radius 1 is 1.29 bits per heavy atom. The SMILES string of the molecule is NCCC(=O)c1ccc(C=O)c2c1OCCO2. The van der Waals surface area contributed by atoms with Gasteiger partial charge in [-0.3, -0.25) is 9.59 Å². The third kappa shape index (κ3) is 2.14. The fraction of sp³-hybridized carbons (Fsp3) is 0.333. The second-order valence-corrected chi connectivity index (χ2v) is 3.64. The predicted molar refractivity (Wildman–Crippen MR) is 60.8 cm³/mol. The Morgan fingerprint density at radius 3 is 2.65 bits per heavy atom. The summed E-state index contributed by atoms with van der Waals surface area (Å²) in [6.45, 7) is 1.03. The second kappa shape index (κ2) is 4.97. The first-order valence-corrected chi connectivity index (χ1v) is 5.39. The summed E-state index contributed by atoms with van der Waals surface area (Å²) in [7, 11) is 0. The Hall–Kier alpha value is -1.88. The standard InChI is InChI=1S/C12H13NO4/c13-4-3-10(15)9-2-1-8(7-14)11-12(9)17-6-5-16-11/h1-2,7H,3-6,13H2. The number of benzene rings is 1. The van der Waals surface area contributed by atoms with Gasteiger partial charge in [0.2, 0.25) is 0 Å². The van der Waals surface area contributed by atoms with Crippen molar-refractivity contribution in [3.05, 3.63) is 23.3 Å². The molecule has 0 unspecified atom stereocenters. The molecule has 0 saturated heterocycles. The lowest BCUT2D eigenvalue weighted by Gasteiger charge is -2.21. The molecule has 0 atom stereocenters. The van der Waals surface area contributed by atoms with Crippen LogP contribution in [0.25, 0.3) is 0 Å². The molecule has 0 spiro atoms. The van der Waals surface area contributed by atoms with Gasteiger partial charge < -0.3 is 15.2 Å². The molecule has 1 aliphatic heterocycles. The zero-order valence-electron chi connectivity index (χ0n) is 9.27. The Morgan fingerprint density at radius 2 is 2.00 bits per heavy atom. The maximum absolute atomic E-state index is 11.8. The molecular formula is C12H13NO4. The minimum absolute atomic E-state index is 0.105. The summed E-state index contributed by atoms with van der Waals surface area (Å²) >= 11 is 0. The second-order valence-electron chi connectivity index (χ2n) is 3.64. The summed E-state index contributed by atoms with van der Waals surface area (Å²) in [5.41, 5.74) is 6.17. The molecule has 0 radical (unpaired) electrons. The molecule has 90 valence electrons. The predicted octanol–water partition coefficient (Wildman–Crippen LogP) is 0.802. The molecule has 2 N–H and O–H groups in total. The quantitative estimate of drug-likeness (QED) is 0.617. The van der Waals surface area contributed by atoms with Crippen molar-refractivity contribution in [2.24, 2.45) is 5.73 Å². The summed E-state index contributed by atoms with van der Waals surface area (Å²) < 4.78 is 10.8. The van der Waals surface area contributed by atoms with Gasteiger partial charge in [-0.15, -0.1) is 0 Å². The first kappa shape index (κ1) is 11.6. The first-order chi connectivity index (χ1) is 8.27. The van der Waals surface area contributed by atoms with E-state index in [1.807, 2.05) is 0 Å². The number of carbonyl (C=O) groups excluding carboxylic acids is 2. The fourth-order valence-electron chi connectivity index (χ4n) is 1.74.